The van der Waals surface area contributed by atoms with Crippen molar-refractivity contribution in [2.45, 2.75) is 10.1 Å². The second kappa shape index (κ2) is 4.54. The highest BCUT2D eigenvalue weighted by Gasteiger charge is 2.11. The van der Waals surface area contributed by atoms with Crippen LogP contribution in [-0.4, -0.2) is 21.0 Å². The maximum Gasteiger partial charge on any atom is 0.371 e. The molecular formula is C9H5ClN2O3S. The van der Waals surface area contributed by atoms with Crippen molar-refractivity contribution in [3.05, 3.63) is 35.4 Å². The zero-order valence-corrected chi connectivity index (χ0v) is 9.33. The van der Waals surface area contributed by atoms with Gasteiger partial charge in [0.1, 0.15) is 11.4 Å². The lowest BCUT2D eigenvalue weighted by molar-refractivity contribution is 0.0656. The van der Waals surface area contributed by atoms with Gasteiger partial charge in [-0.05, 0) is 23.9 Å². The molecular weight excluding hydrogens is 252 g/mol. The van der Waals surface area contributed by atoms with Gasteiger partial charge >= 0.3 is 5.97 Å². The Hall–Kier alpha value is -1.53. The molecule has 2 heterocycles. The number of aromatic nitrogens is 2. The number of hydrogen-bond donors (Lipinski definition) is 1. The van der Waals surface area contributed by atoms with Crippen LogP contribution in [-0.2, 0) is 0 Å². The Labute approximate surface area is 99.5 Å². The first-order valence-corrected chi connectivity index (χ1v) is 5.33. The average Bonchev–Trinajstić information content (AvgIpc) is 2.70. The van der Waals surface area contributed by atoms with Gasteiger partial charge in [-0.15, -0.1) is 0 Å². The molecule has 0 saturated carbocycles. The maximum absolute atomic E-state index is 10.6. The van der Waals surface area contributed by atoms with Crippen LogP contribution in [0.1, 0.15) is 10.6 Å². The van der Waals surface area contributed by atoms with Gasteiger partial charge in [-0.2, -0.15) is 0 Å². The van der Waals surface area contributed by atoms with E-state index in [2.05, 4.69) is 9.97 Å². The molecule has 0 bridgehead atoms. The molecule has 2 rings (SSSR count). The number of halogens is 1. The molecule has 7 heteroatoms. The summed E-state index contributed by atoms with van der Waals surface area (Å²) in [6, 6.07) is 2.92. The Morgan fingerprint density at radius 3 is 2.94 bits per heavy atom. The van der Waals surface area contributed by atoms with Gasteiger partial charge in [0.2, 0.25) is 5.76 Å². The molecule has 2 aromatic heterocycles. The van der Waals surface area contributed by atoms with Gasteiger partial charge in [0.15, 0.2) is 5.09 Å². The molecule has 0 aromatic carbocycles. The van der Waals surface area contributed by atoms with Crippen LogP contribution in [0.3, 0.4) is 0 Å². The van der Waals surface area contributed by atoms with Crippen molar-refractivity contribution in [3.8, 4) is 0 Å². The van der Waals surface area contributed by atoms with Crippen LogP contribution < -0.4 is 0 Å². The molecule has 0 radical (unpaired) electrons. The molecule has 0 aliphatic rings. The summed E-state index contributed by atoms with van der Waals surface area (Å²) in [6.45, 7) is 0. The van der Waals surface area contributed by atoms with Crippen molar-refractivity contribution in [1.29, 1.82) is 0 Å². The van der Waals surface area contributed by atoms with Crippen LogP contribution in [0, 0.1) is 0 Å². The summed E-state index contributed by atoms with van der Waals surface area (Å²) < 4.78 is 5.05. The lowest BCUT2D eigenvalue weighted by Crippen LogP contribution is -1.91. The number of nitrogens with zero attached hydrogens (tertiary/aromatic N) is 2. The van der Waals surface area contributed by atoms with E-state index in [1.165, 1.54) is 18.6 Å². The summed E-state index contributed by atoms with van der Waals surface area (Å²) in [7, 11) is 0. The predicted octanol–water partition coefficient (Wildman–Crippen LogP) is 2.57. The van der Waals surface area contributed by atoms with Gasteiger partial charge in [-0.3, -0.25) is 0 Å². The lowest BCUT2D eigenvalue weighted by Gasteiger charge is -1.97. The van der Waals surface area contributed by atoms with Gasteiger partial charge in [-0.25, -0.2) is 14.8 Å². The number of carboxylic acid groups (broad SMARTS) is 1. The molecule has 2 aromatic rings. The van der Waals surface area contributed by atoms with Gasteiger partial charge in [0, 0.05) is 0 Å². The number of hydrogen-bond acceptors (Lipinski definition) is 5. The highest BCUT2D eigenvalue weighted by atomic mass is 35.5. The first-order chi connectivity index (χ1) is 7.66. The summed E-state index contributed by atoms with van der Waals surface area (Å²) in [5.41, 5.74) is 0. The number of carbonyl (C=O) groups is 1. The number of furan rings is 1. The van der Waals surface area contributed by atoms with Crippen LogP contribution in [0.5, 0.6) is 0 Å². The predicted molar refractivity (Wildman–Crippen MR) is 56.8 cm³/mol. The van der Waals surface area contributed by atoms with Crippen molar-refractivity contribution in [2.75, 3.05) is 0 Å². The number of rotatable bonds is 3. The fourth-order valence-corrected chi connectivity index (χ4v) is 1.89. The van der Waals surface area contributed by atoms with E-state index in [1.807, 2.05) is 0 Å². The van der Waals surface area contributed by atoms with E-state index in [4.69, 9.17) is 21.1 Å². The van der Waals surface area contributed by atoms with Crippen LogP contribution in [0.4, 0.5) is 0 Å². The third-order valence-corrected chi connectivity index (χ3v) is 2.95. The minimum Gasteiger partial charge on any atom is -0.475 e. The number of carboxylic acids is 1. The molecule has 0 unspecified atom stereocenters. The normalized spacial score (nSPS) is 10.3. The summed E-state index contributed by atoms with van der Waals surface area (Å²) in [5, 5.41) is 9.99. The van der Waals surface area contributed by atoms with Crippen LogP contribution in [0.15, 0.2) is 39.2 Å². The Morgan fingerprint density at radius 2 is 2.31 bits per heavy atom. The van der Waals surface area contributed by atoms with Gasteiger partial charge < -0.3 is 9.52 Å². The third-order valence-electron chi connectivity index (χ3n) is 1.62. The molecule has 0 saturated heterocycles. The minimum atomic E-state index is -1.11. The highest BCUT2D eigenvalue weighted by molar-refractivity contribution is 7.99. The monoisotopic (exact) mass is 256 g/mol. The number of aromatic carboxylic acids is 1. The fraction of sp³-hybridized carbons (Fsp3) is 0. The van der Waals surface area contributed by atoms with E-state index in [1.54, 1.807) is 6.07 Å². The Kier molecular flexibility index (Phi) is 3.12. The van der Waals surface area contributed by atoms with Crippen molar-refractivity contribution >= 4 is 29.3 Å². The molecule has 0 aliphatic heterocycles. The third kappa shape index (κ3) is 2.34. The van der Waals surface area contributed by atoms with E-state index >= 15 is 0 Å². The van der Waals surface area contributed by atoms with Gasteiger partial charge in [0.25, 0.3) is 0 Å². The Morgan fingerprint density at radius 1 is 1.50 bits per heavy atom. The zero-order chi connectivity index (χ0) is 11.5. The smallest absolute Gasteiger partial charge is 0.371 e. The SMILES string of the molecule is O=C(O)c1ccc(Sc2ncncc2Cl)o1. The molecule has 0 aliphatic carbocycles. The molecule has 16 heavy (non-hydrogen) atoms. The Balaban J connectivity index is 2.21. The summed E-state index contributed by atoms with van der Waals surface area (Å²) in [4.78, 5) is 18.3. The van der Waals surface area contributed by atoms with Gasteiger partial charge in [-0.1, -0.05) is 11.6 Å². The first kappa shape index (κ1) is 11.0. The second-order valence-electron chi connectivity index (χ2n) is 2.70. The van der Waals surface area contributed by atoms with Gasteiger partial charge in [0.05, 0.1) is 11.2 Å². The second-order valence-corrected chi connectivity index (χ2v) is 4.10. The Bertz CT molecular complexity index is 529. The molecule has 0 spiro atoms. The van der Waals surface area contributed by atoms with E-state index in [9.17, 15) is 4.79 Å². The first-order valence-electron chi connectivity index (χ1n) is 4.13. The summed E-state index contributed by atoms with van der Waals surface area (Å²) in [6.07, 6.45) is 2.81. The molecule has 0 amide bonds. The van der Waals surface area contributed by atoms with Crippen LogP contribution in [0.25, 0.3) is 0 Å². The van der Waals surface area contributed by atoms with Crippen LogP contribution >= 0.6 is 23.4 Å². The zero-order valence-electron chi connectivity index (χ0n) is 7.75. The molecule has 5 nitrogen and oxygen atoms in total. The molecule has 0 fully saturated rings. The largest absolute Gasteiger partial charge is 0.475 e. The standard InChI is InChI=1S/C9H5ClN2O3S/c10-5-3-11-4-12-8(5)16-7-2-1-6(15-7)9(13)14/h1-4H,(H,13,14). The minimum absolute atomic E-state index is 0.118. The maximum atomic E-state index is 10.6. The summed E-state index contributed by atoms with van der Waals surface area (Å²) >= 11 is 6.98. The van der Waals surface area contributed by atoms with Crippen molar-refractivity contribution in [1.82, 2.24) is 9.97 Å². The average molecular weight is 257 g/mol. The van der Waals surface area contributed by atoms with Crippen LogP contribution in [0.2, 0.25) is 5.02 Å². The lowest BCUT2D eigenvalue weighted by atomic mass is 10.5. The fourth-order valence-electron chi connectivity index (χ4n) is 0.962. The van der Waals surface area contributed by atoms with Crippen molar-refractivity contribution in [2.24, 2.45) is 0 Å². The van der Waals surface area contributed by atoms with Crippen molar-refractivity contribution < 1.29 is 14.3 Å². The molecule has 82 valence electrons. The van der Waals surface area contributed by atoms with Crippen molar-refractivity contribution in [3.63, 3.8) is 0 Å². The van der Waals surface area contributed by atoms with E-state index in [0.29, 0.717) is 15.1 Å². The summed E-state index contributed by atoms with van der Waals surface area (Å²) in [5.74, 6) is -1.23. The van der Waals surface area contributed by atoms with E-state index in [0.717, 1.165) is 11.8 Å². The highest BCUT2D eigenvalue weighted by Crippen LogP contribution is 2.31. The molecule has 1 N–H and O–H groups in total. The van der Waals surface area contributed by atoms with E-state index < -0.39 is 5.97 Å². The topological polar surface area (TPSA) is 76.2 Å². The van der Waals surface area contributed by atoms with E-state index in [-0.39, 0.29) is 5.76 Å². The quantitative estimate of drug-likeness (QED) is 0.851. The molecule has 0 atom stereocenters.